The van der Waals surface area contributed by atoms with Crippen LogP contribution in [0.15, 0.2) is 23.1 Å². The molecule has 2 aliphatic heterocycles. The van der Waals surface area contributed by atoms with E-state index in [2.05, 4.69) is 29.0 Å². The van der Waals surface area contributed by atoms with E-state index in [1.807, 2.05) is 17.8 Å². The molecule has 0 bridgehead atoms. The van der Waals surface area contributed by atoms with E-state index in [0.29, 0.717) is 6.04 Å². The van der Waals surface area contributed by atoms with E-state index >= 15 is 0 Å². The summed E-state index contributed by atoms with van der Waals surface area (Å²) in [5.41, 5.74) is 1.49. The first-order chi connectivity index (χ1) is 8.74. The third-order valence-corrected chi connectivity index (χ3v) is 5.30. The minimum absolute atomic E-state index is 0.604. The second-order valence-corrected chi connectivity index (χ2v) is 6.75. The second-order valence-electron chi connectivity index (χ2n) is 5.17. The first-order valence-electron chi connectivity index (χ1n) is 6.59. The molecule has 3 rings (SSSR count). The number of nitrogens with zero attached hydrogens (tertiary/aromatic N) is 2. The molecule has 2 aliphatic rings. The lowest BCUT2D eigenvalue weighted by atomic mass is 10.0. The summed E-state index contributed by atoms with van der Waals surface area (Å²) in [6.07, 6.45) is 1.27. The first-order valence-corrected chi connectivity index (χ1v) is 7.95. The van der Waals surface area contributed by atoms with Crippen molar-refractivity contribution < 1.29 is 0 Å². The Bertz CT molecular complexity index is 430. The Balaban J connectivity index is 1.82. The molecule has 4 heteroatoms. The van der Waals surface area contributed by atoms with Crippen molar-refractivity contribution in [2.75, 3.05) is 39.0 Å². The third-order valence-electron chi connectivity index (χ3n) is 3.96. The Morgan fingerprint density at radius 3 is 2.78 bits per heavy atom. The molecule has 0 aromatic heterocycles. The first kappa shape index (κ1) is 12.8. The third kappa shape index (κ3) is 2.55. The van der Waals surface area contributed by atoms with Crippen LogP contribution in [0.5, 0.6) is 0 Å². The summed E-state index contributed by atoms with van der Waals surface area (Å²) in [7, 11) is 2.21. The van der Waals surface area contributed by atoms with Crippen molar-refractivity contribution in [2.45, 2.75) is 17.4 Å². The average molecular weight is 283 g/mol. The summed E-state index contributed by atoms with van der Waals surface area (Å²) in [5, 5.41) is 0.861. The predicted molar refractivity (Wildman–Crippen MR) is 78.6 cm³/mol. The number of halogens is 1. The van der Waals surface area contributed by atoms with Crippen LogP contribution in [0.3, 0.4) is 0 Å². The molecule has 18 heavy (non-hydrogen) atoms. The van der Waals surface area contributed by atoms with Gasteiger partial charge in [0.15, 0.2) is 0 Å². The molecule has 1 unspecified atom stereocenters. The van der Waals surface area contributed by atoms with Gasteiger partial charge in [-0.2, -0.15) is 0 Å². The summed E-state index contributed by atoms with van der Waals surface area (Å²) < 4.78 is 0. The molecule has 0 amide bonds. The lowest BCUT2D eigenvalue weighted by molar-refractivity contribution is 0.107. The Hall–Kier alpha value is -0.220. The van der Waals surface area contributed by atoms with Crippen LogP contribution in [0.1, 0.15) is 18.0 Å². The maximum absolute atomic E-state index is 6.10. The van der Waals surface area contributed by atoms with Gasteiger partial charge in [-0.05, 0) is 36.9 Å². The van der Waals surface area contributed by atoms with E-state index in [0.717, 1.165) is 5.02 Å². The van der Waals surface area contributed by atoms with E-state index in [4.69, 9.17) is 11.6 Å². The van der Waals surface area contributed by atoms with Crippen LogP contribution in [0.2, 0.25) is 5.02 Å². The summed E-state index contributed by atoms with van der Waals surface area (Å²) in [6.45, 7) is 4.75. The number of rotatable bonds is 1. The van der Waals surface area contributed by atoms with Gasteiger partial charge < -0.3 is 4.90 Å². The number of likely N-dealkylation sites (N-methyl/N-ethyl adjacent to an activating group) is 1. The molecule has 1 aromatic rings. The maximum atomic E-state index is 6.10. The molecule has 1 fully saturated rings. The fraction of sp³-hybridized carbons (Fsp3) is 0.571. The number of hydrogen-bond donors (Lipinski definition) is 0. The van der Waals surface area contributed by atoms with Gasteiger partial charge in [-0.25, -0.2) is 0 Å². The normalized spacial score (nSPS) is 26.0. The lowest BCUT2D eigenvalue weighted by Crippen LogP contribution is -2.46. The van der Waals surface area contributed by atoms with Gasteiger partial charge in [-0.1, -0.05) is 17.7 Å². The molecule has 0 aliphatic carbocycles. The predicted octanol–water partition coefficient (Wildman–Crippen LogP) is 3.12. The Labute approximate surface area is 118 Å². The van der Waals surface area contributed by atoms with Crippen molar-refractivity contribution in [2.24, 2.45) is 0 Å². The van der Waals surface area contributed by atoms with Crippen LogP contribution < -0.4 is 0 Å². The van der Waals surface area contributed by atoms with Gasteiger partial charge in [-0.3, -0.25) is 4.90 Å². The fourth-order valence-electron chi connectivity index (χ4n) is 2.86. The Morgan fingerprint density at radius 2 is 2.00 bits per heavy atom. The van der Waals surface area contributed by atoms with Gasteiger partial charge in [0.25, 0.3) is 0 Å². The van der Waals surface area contributed by atoms with Crippen LogP contribution in [0.25, 0.3) is 0 Å². The topological polar surface area (TPSA) is 6.48 Å². The number of fused-ring (bicyclic) bond motifs is 1. The molecule has 0 N–H and O–H groups in total. The van der Waals surface area contributed by atoms with Gasteiger partial charge in [0.1, 0.15) is 0 Å². The minimum Gasteiger partial charge on any atom is -0.304 e. The summed E-state index contributed by atoms with van der Waals surface area (Å²) in [4.78, 5) is 6.45. The SMILES string of the molecule is CN1CCN(C2CCSc3cc(Cl)ccc32)CC1. The second kappa shape index (κ2) is 5.41. The highest BCUT2D eigenvalue weighted by Crippen LogP contribution is 2.40. The molecule has 0 saturated carbocycles. The fourth-order valence-corrected chi connectivity index (χ4v) is 4.24. The quantitative estimate of drug-likeness (QED) is 0.781. The minimum atomic E-state index is 0.604. The molecular formula is C14H19ClN2S. The van der Waals surface area contributed by atoms with Crippen molar-refractivity contribution in [3.63, 3.8) is 0 Å². The molecule has 1 saturated heterocycles. The van der Waals surface area contributed by atoms with Crippen LogP contribution in [0.4, 0.5) is 0 Å². The number of piperazine rings is 1. The average Bonchev–Trinajstić information content (AvgIpc) is 2.38. The van der Waals surface area contributed by atoms with E-state index in [-0.39, 0.29) is 0 Å². The molecule has 1 aromatic carbocycles. The summed E-state index contributed by atoms with van der Waals surface area (Å²) in [5.74, 6) is 1.21. The van der Waals surface area contributed by atoms with Crippen molar-refractivity contribution in [1.29, 1.82) is 0 Å². The van der Waals surface area contributed by atoms with E-state index < -0.39 is 0 Å². The van der Waals surface area contributed by atoms with Gasteiger partial charge in [0, 0.05) is 42.1 Å². The van der Waals surface area contributed by atoms with E-state index in [1.54, 1.807) is 0 Å². The van der Waals surface area contributed by atoms with E-state index in [1.165, 1.54) is 48.8 Å². The molecule has 0 radical (unpaired) electrons. The van der Waals surface area contributed by atoms with Gasteiger partial charge in [0.05, 0.1) is 0 Å². The number of benzene rings is 1. The van der Waals surface area contributed by atoms with Crippen molar-refractivity contribution in [3.8, 4) is 0 Å². The van der Waals surface area contributed by atoms with Gasteiger partial charge >= 0.3 is 0 Å². The highest BCUT2D eigenvalue weighted by molar-refractivity contribution is 7.99. The lowest BCUT2D eigenvalue weighted by Gasteiger charge is -2.40. The molecule has 98 valence electrons. The van der Waals surface area contributed by atoms with Crippen molar-refractivity contribution in [3.05, 3.63) is 28.8 Å². The van der Waals surface area contributed by atoms with Crippen molar-refractivity contribution in [1.82, 2.24) is 9.80 Å². The molecule has 1 atom stereocenters. The van der Waals surface area contributed by atoms with Crippen molar-refractivity contribution >= 4 is 23.4 Å². The largest absolute Gasteiger partial charge is 0.304 e. The molecule has 2 heterocycles. The van der Waals surface area contributed by atoms with Crippen LogP contribution in [-0.4, -0.2) is 48.8 Å². The maximum Gasteiger partial charge on any atom is 0.0417 e. The zero-order chi connectivity index (χ0) is 12.5. The monoisotopic (exact) mass is 282 g/mol. The zero-order valence-electron chi connectivity index (χ0n) is 10.7. The van der Waals surface area contributed by atoms with Crippen LogP contribution in [0, 0.1) is 0 Å². The molecular weight excluding hydrogens is 264 g/mol. The van der Waals surface area contributed by atoms with Crippen LogP contribution in [-0.2, 0) is 0 Å². The highest BCUT2D eigenvalue weighted by Gasteiger charge is 2.28. The van der Waals surface area contributed by atoms with Gasteiger partial charge in [0.2, 0.25) is 0 Å². The number of thioether (sulfide) groups is 1. The summed E-state index contributed by atoms with van der Waals surface area (Å²) in [6, 6.07) is 7.00. The van der Waals surface area contributed by atoms with E-state index in [9.17, 15) is 0 Å². The molecule has 0 spiro atoms. The Morgan fingerprint density at radius 1 is 1.22 bits per heavy atom. The molecule has 2 nitrogen and oxygen atoms in total. The highest BCUT2D eigenvalue weighted by atomic mass is 35.5. The van der Waals surface area contributed by atoms with Crippen LogP contribution >= 0.6 is 23.4 Å². The number of hydrogen-bond acceptors (Lipinski definition) is 3. The smallest absolute Gasteiger partial charge is 0.0417 e. The Kier molecular flexibility index (Phi) is 3.85. The standard InChI is InChI=1S/C14H19ClN2S/c1-16-5-7-17(8-6-16)13-4-9-18-14-10-11(15)2-3-12(13)14/h2-3,10,13H,4-9H2,1H3. The zero-order valence-corrected chi connectivity index (χ0v) is 12.3. The summed E-state index contributed by atoms with van der Waals surface area (Å²) >= 11 is 8.05. The van der Waals surface area contributed by atoms with Gasteiger partial charge in [-0.15, -0.1) is 11.8 Å².